The van der Waals surface area contributed by atoms with Crippen LogP contribution in [-0.2, 0) is 25.4 Å². The summed E-state index contributed by atoms with van der Waals surface area (Å²) < 4.78 is 89.2. The van der Waals surface area contributed by atoms with E-state index in [2.05, 4.69) is 5.32 Å². The van der Waals surface area contributed by atoms with Gasteiger partial charge in [0.05, 0.1) is 11.1 Å². The summed E-state index contributed by atoms with van der Waals surface area (Å²) in [7, 11) is 0. The normalized spacial score (nSPS) is 12.5. The van der Waals surface area contributed by atoms with E-state index in [9.17, 15) is 30.7 Å². The Bertz CT molecular complexity index is 655. The minimum atomic E-state index is -4.87. The van der Waals surface area contributed by atoms with E-state index in [0.29, 0.717) is 17.7 Å². The molecule has 1 N–H and O–H groups in total. The molecular formula is C16H12F7N. The van der Waals surface area contributed by atoms with Crippen LogP contribution < -0.4 is 5.32 Å². The van der Waals surface area contributed by atoms with Crippen LogP contribution >= 0.6 is 0 Å². The van der Waals surface area contributed by atoms with Crippen molar-refractivity contribution in [1.29, 1.82) is 0 Å². The molecule has 2 aromatic rings. The highest BCUT2D eigenvalue weighted by Gasteiger charge is 2.36. The molecular weight excluding hydrogens is 339 g/mol. The summed E-state index contributed by atoms with van der Waals surface area (Å²) >= 11 is 0. The first-order valence-corrected chi connectivity index (χ1v) is 6.79. The van der Waals surface area contributed by atoms with Crippen LogP contribution in [0.5, 0.6) is 0 Å². The number of benzene rings is 2. The lowest BCUT2D eigenvalue weighted by atomic mass is 10.0. The van der Waals surface area contributed by atoms with Crippen LogP contribution in [0.1, 0.15) is 22.3 Å². The lowest BCUT2D eigenvalue weighted by Crippen LogP contribution is -2.16. The molecule has 2 aromatic carbocycles. The fourth-order valence-electron chi connectivity index (χ4n) is 2.07. The third-order valence-corrected chi connectivity index (χ3v) is 3.22. The van der Waals surface area contributed by atoms with Crippen molar-refractivity contribution in [2.24, 2.45) is 0 Å². The molecule has 0 saturated heterocycles. The molecule has 0 aliphatic carbocycles. The second kappa shape index (κ2) is 6.80. The summed E-state index contributed by atoms with van der Waals surface area (Å²) in [6.07, 6.45) is -9.74. The van der Waals surface area contributed by atoms with Gasteiger partial charge in [0, 0.05) is 13.1 Å². The van der Waals surface area contributed by atoms with Gasteiger partial charge in [-0.15, -0.1) is 0 Å². The molecule has 0 aliphatic heterocycles. The molecule has 0 unspecified atom stereocenters. The number of halogens is 7. The first kappa shape index (κ1) is 18.3. The Morgan fingerprint density at radius 1 is 0.667 bits per heavy atom. The van der Waals surface area contributed by atoms with Gasteiger partial charge < -0.3 is 5.32 Å². The average Bonchev–Trinajstić information content (AvgIpc) is 2.47. The van der Waals surface area contributed by atoms with Crippen molar-refractivity contribution in [1.82, 2.24) is 5.32 Å². The summed E-state index contributed by atoms with van der Waals surface area (Å²) in [5.74, 6) is -0.438. The molecule has 8 heteroatoms. The molecule has 0 fully saturated rings. The molecule has 0 spiro atoms. The molecule has 130 valence electrons. The molecule has 0 saturated carbocycles. The summed E-state index contributed by atoms with van der Waals surface area (Å²) in [5, 5.41) is 2.74. The SMILES string of the molecule is Fc1ccc(CNCc2cc(C(F)(F)F)cc(C(F)(F)F)c2)cc1. The Morgan fingerprint density at radius 3 is 1.58 bits per heavy atom. The summed E-state index contributed by atoms with van der Waals surface area (Å²) in [6, 6.07) is 6.79. The smallest absolute Gasteiger partial charge is 0.309 e. The fraction of sp³-hybridized carbons (Fsp3) is 0.250. The third kappa shape index (κ3) is 4.95. The van der Waals surface area contributed by atoms with Crippen LogP contribution in [0.25, 0.3) is 0 Å². The molecule has 0 aliphatic rings. The lowest BCUT2D eigenvalue weighted by Gasteiger charge is -2.14. The van der Waals surface area contributed by atoms with E-state index in [0.717, 1.165) is 0 Å². The number of alkyl halides is 6. The monoisotopic (exact) mass is 351 g/mol. The van der Waals surface area contributed by atoms with Gasteiger partial charge in [0.1, 0.15) is 5.82 Å². The largest absolute Gasteiger partial charge is 0.416 e. The molecule has 0 atom stereocenters. The van der Waals surface area contributed by atoms with E-state index >= 15 is 0 Å². The van der Waals surface area contributed by atoms with E-state index in [1.807, 2.05) is 0 Å². The second-order valence-corrected chi connectivity index (χ2v) is 5.14. The van der Waals surface area contributed by atoms with Crippen molar-refractivity contribution in [3.63, 3.8) is 0 Å². The third-order valence-electron chi connectivity index (χ3n) is 3.22. The molecule has 0 bridgehead atoms. The van der Waals surface area contributed by atoms with Gasteiger partial charge in [-0.2, -0.15) is 26.3 Å². The van der Waals surface area contributed by atoms with Crippen molar-refractivity contribution in [3.05, 3.63) is 70.5 Å². The quantitative estimate of drug-likeness (QED) is 0.751. The molecule has 1 nitrogen and oxygen atoms in total. The van der Waals surface area contributed by atoms with E-state index in [1.165, 1.54) is 24.3 Å². The lowest BCUT2D eigenvalue weighted by molar-refractivity contribution is -0.143. The van der Waals surface area contributed by atoms with Crippen LogP contribution in [0.2, 0.25) is 0 Å². The standard InChI is InChI=1S/C16H12F7N/c17-14-3-1-10(2-4-14)8-24-9-11-5-12(15(18,19)20)7-13(6-11)16(21,22)23/h1-7,24H,8-9H2. The Balaban J connectivity index is 2.15. The van der Waals surface area contributed by atoms with Crippen LogP contribution in [0.3, 0.4) is 0 Å². The van der Waals surface area contributed by atoms with Gasteiger partial charge in [0.15, 0.2) is 0 Å². The molecule has 0 aromatic heterocycles. The minimum absolute atomic E-state index is 0.0868. The summed E-state index contributed by atoms with van der Waals surface area (Å²) in [6.45, 7) is -0.0117. The maximum Gasteiger partial charge on any atom is 0.416 e. The zero-order valence-electron chi connectivity index (χ0n) is 12.1. The molecule has 0 amide bonds. The number of hydrogen-bond acceptors (Lipinski definition) is 1. The Labute approximate surface area is 133 Å². The topological polar surface area (TPSA) is 12.0 Å². The van der Waals surface area contributed by atoms with Gasteiger partial charge >= 0.3 is 12.4 Å². The van der Waals surface area contributed by atoms with Crippen LogP contribution in [-0.4, -0.2) is 0 Å². The van der Waals surface area contributed by atoms with Gasteiger partial charge in [0.25, 0.3) is 0 Å². The number of nitrogens with one attached hydrogen (secondary N) is 1. The van der Waals surface area contributed by atoms with Gasteiger partial charge in [-0.05, 0) is 41.5 Å². The summed E-state index contributed by atoms with van der Waals surface area (Å²) in [5.41, 5.74) is -2.19. The predicted octanol–water partition coefficient (Wildman–Crippen LogP) is 5.15. The maximum atomic E-state index is 12.8. The average molecular weight is 351 g/mol. The Hall–Kier alpha value is -2.09. The zero-order chi connectivity index (χ0) is 18.0. The van der Waals surface area contributed by atoms with Crippen molar-refractivity contribution in [2.45, 2.75) is 25.4 Å². The first-order valence-electron chi connectivity index (χ1n) is 6.79. The molecule has 2 rings (SSSR count). The second-order valence-electron chi connectivity index (χ2n) is 5.14. The predicted molar refractivity (Wildman–Crippen MR) is 73.4 cm³/mol. The highest BCUT2D eigenvalue weighted by molar-refractivity contribution is 5.33. The van der Waals surface area contributed by atoms with E-state index in [1.54, 1.807) is 0 Å². The summed E-state index contributed by atoms with van der Waals surface area (Å²) in [4.78, 5) is 0. The maximum absolute atomic E-state index is 12.8. The number of hydrogen-bond donors (Lipinski definition) is 1. The highest BCUT2D eigenvalue weighted by Crippen LogP contribution is 2.36. The van der Waals surface area contributed by atoms with Gasteiger partial charge in [-0.25, -0.2) is 4.39 Å². The first-order chi connectivity index (χ1) is 11.1. The van der Waals surface area contributed by atoms with Crippen molar-refractivity contribution in [2.75, 3.05) is 0 Å². The zero-order valence-corrected chi connectivity index (χ0v) is 12.1. The van der Waals surface area contributed by atoms with Gasteiger partial charge in [-0.3, -0.25) is 0 Å². The minimum Gasteiger partial charge on any atom is -0.309 e. The van der Waals surface area contributed by atoms with Gasteiger partial charge in [-0.1, -0.05) is 12.1 Å². The molecule has 0 radical (unpaired) electrons. The van der Waals surface area contributed by atoms with E-state index in [4.69, 9.17) is 0 Å². The van der Waals surface area contributed by atoms with Crippen LogP contribution in [0.4, 0.5) is 30.7 Å². The molecule has 24 heavy (non-hydrogen) atoms. The Morgan fingerprint density at radius 2 is 1.12 bits per heavy atom. The van der Waals surface area contributed by atoms with Crippen molar-refractivity contribution >= 4 is 0 Å². The fourth-order valence-corrected chi connectivity index (χ4v) is 2.07. The number of rotatable bonds is 4. The van der Waals surface area contributed by atoms with Crippen molar-refractivity contribution in [3.8, 4) is 0 Å². The van der Waals surface area contributed by atoms with E-state index in [-0.39, 0.29) is 24.7 Å². The Kier molecular flexibility index (Phi) is 5.17. The van der Waals surface area contributed by atoms with Crippen LogP contribution in [0.15, 0.2) is 42.5 Å². The molecule has 0 heterocycles. The van der Waals surface area contributed by atoms with Crippen LogP contribution in [0, 0.1) is 5.82 Å². The van der Waals surface area contributed by atoms with Gasteiger partial charge in [0.2, 0.25) is 0 Å². The highest BCUT2D eigenvalue weighted by atomic mass is 19.4. The van der Waals surface area contributed by atoms with Crippen molar-refractivity contribution < 1.29 is 30.7 Å². The van der Waals surface area contributed by atoms with E-state index < -0.39 is 29.3 Å².